The van der Waals surface area contributed by atoms with Crippen molar-refractivity contribution in [2.45, 2.75) is 31.8 Å². The summed E-state index contributed by atoms with van der Waals surface area (Å²) in [5, 5.41) is 9.27. The number of aliphatic hydroxyl groups excluding tert-OH is 1. The van der Waals surface area contributed by atoms with Gasteiger partial charge in [0.15, 0.2) is 0 Å². The van der Waals surface area contributed by atoms with E-state index in [4.69, 9.17) is 4.74 Å². The van der Waals surface area contributed by atoms with Gasteiger partial charge in [-0.2, -0.15) is 0 Å². The summed E-state index contributed by atoms with van der Waals surface area (Å²) in [5.41, 5.74) is 0. The SMILES string of the molecule is O=C1C2CCC1COC2.OC1C2C=CC1CC2. The Labute approximate surface area is 102 Å². The maximum atomic E-state index is 11.1. The number of hydrogen-bond donors (Lipinski definition) is 1. The first-order chi connectivity index (χ1) is 8.25. The molecule has 0 spiro atoms. The Morgan fingerprint density at radius 2 is 1.53 bits per heavy atom. The van der Waals surface area contributed by atoms with Crippen molar-refractivity contribution in [3.05, 3.63) is 12.2 Å². The smallest absolute Gasteiger partial charge is 0.143 e. The molecule has 0 aromatic carbocycles. The predicted octanol–water partition coefficient (Wildman–Crippen LogP) is 1.56. The van der Waals surface area contributed by atoms with Crippen LogP contribution in [0, 0.1) is 23.7 Å². The first-order valence-corrected chi connectivity index (χ1v) is 6.73. The van der Waals surface area contributed by atoms with E-state index < -0.39 is 0 Å². The molecule has 0 radical (unpaired) electrons. The summed E-state index contributed by atoms with van der Waals surface area (Å²) < 4.78 is 5.21. The fraction of sp³-hybridized carbons (Fsp3) is 0.786. The van der Waals surface area contributed by atoms with Gasteiger partial charge in [0.05, 0.1) is 19.3 Å². The van der Waals surface area contributed by atoms with Crippen molar-refractivity contribution in [2.24, 2.45) is 23.7 Å². The van der Waals surface area contributed by atoms with Gasteiger partial charge in [0.2, 0.25) is 0 Å². The Kier molecular flexibility index (Phi) is 3.05. The fourth-order valence-electron chi connectivity index (χ4n) is 3.45. The van der Waals surface area contributed by atoms with E-state index in [1.165, 1.54) is 12.8 Å². The van der Waals surface area contributed by atoms with Crippen molar-refractivity contribution in [3.63, 3.8) is 0 Å². The molecule has 1 heterocycles. The highest BCUT2D eigenvalue weighted by Crippen LogP contribution is 2.38. The van der Waals surface area contributed by atoms with E-state index in [1.54, 1.807) is 0 Å². The summed E-state index contributed by atoms with van der Waals surface area (Å²) in [6.45, 7) is 1.38. The molecule has 0 amide bonds. The molecular formula is C14H20O3. The Balaban J connectivity index is 0.000000107. The van der Waals surface area contributed by atoms with Crippen molar-refractivity contribution >= 4 is 5.78 Å². The summed E-state index contributed by atoms with van der Waals surface area (Å²) in [4.78, 5) is 11.1. The van der Waals surface area contributed by atoms with Crippen molar-refractivity contribution in [3.8, 4) is 0 Å². The highest BCUT2D eigenvalue weighted by Gasteiger charge is 2.37. The molecule has 1 saturated heterocycles. The lowest BCUT2D eigenvalue weighted by molar-refractivity contribution is -0.132. The van der Waals surface area contributed by atoms with Crippen LogP contribution in [0.4, 0.5) is 0 Å². The molecule has 1 aliphatic heterocycles. The van der Waals surface area contributed by atoms with Gasteiger partial charge < -0.3 is 9.84 Å². The molecule has 0 aromatic heterocycles. The molecule has 17 heavy (non-hydrogen) atoms. The third-order valence-corrected chi connectivity index (χ3v) is 4.62. The van der Waals surface area contributed by atoms with Gasteiger partial charge in [0, 0.05) is 23.7 Å². The highest BCUT2D eigenvalue weighted by molar-refractivity contribution is 5.86. The van der Waals surface area contributed by atoms with Crippen LogP contribution in [0.2, 0.25) is 0 Å². The van der Waals surface area contributed by atoms with Gasteiger partial charge in [-0.1, -0.05) is 12.2 Å². The summed E-state index contributed by atoms with van der Waals surface area (Å²) in [5.74, 6) is 2.02. The van der Waals surface area contributed by atoms with E-state index in [-0.39, 0.29) is 17.9 Å². The second kappa shape index (κ2) is 4.54. The molecule has 3 heteroatoms. The van der Waals surface area contributed by atoms with Crippen LogP contribution in [-0.4, -0.2) is 30.2 Å². The van der Waals surface area contributed by atoms with Crippen molar-refractivity contribution in [2.75, 3.05) is 13.2 Å². The zero-order chi connectivity index (χ0) is 11.8. The Morgan fingerprint density at radius 1 is 1.00 bits per heavy atom. The second-order valence-corrected chi connectivity index (χ2v) is 5.69. The monoisotopic (exact) mass is 236 g/mol. The van der Waals surface area contributed by atoms with Gasteiger partial charge >= 0.3 is 0 Å². The van der Waals surface area contributed by atoms with Gasteiger partial charge in [-0.25, -0.2) is 0 Å². The number of rotatable bonds is 0. The van der Waals surface area contributed by atoms with Crippen LogP contribution >= 0.6 is 0 Å². The van der Waals surface area contributed by atoms with Gasteiger partial charge in [0.1, 0.15) is 5.78 Å². The summed E-state index contributed by atoms with van der Waals surface area (Å²) in [6, 6.07) is 0. The van der Waals surface area contributed by atoms with Gasteiger partial charge in [-0.05, 0) is 25.7 Å². The van der Waals surface area contributed by atoms with E-state index in [9.17, 15) is 9.90 Å². The average Bonchev–Trinajstić information content (AvgIpc) is 2.92. The molecule has 2 saturated carbocycles. The zero-order valence-electron chi connectivity index (χ0n) is 10.0. The number of carbonyl (C=O) groups is 1. The quantitative estimate of drug-likeness (QED) is 0.649. The van der Waals surface area contributed by atoms with Gasteiger partial charge in [-0.15, -0.1) is 0 Å². The summed E-state index contributed by atoms with van der Waals surface area (Å²) >= 11 is 0. The van der Waals surface area contributed by atoms with Crippen molar-refractivity contribution in [1.82, 2.24) is 0 Å². The Hall–Kier alpha value is -0.670. The largest absolute Gasteiger partial charge is 0.392 e. The zero-order valence-corrected chi connectivity index (χ0v) is 10.0. The normalized spacial score (nSPS) is 45.9. The molecular weight excluding hydrogens is 216 g/mol. The maximum Gasteiger partial charge on any atom is 0.143 e. The molecule has 94 valence electrons. The molecule has 3 aliphatic carbocycles. The van der Waals surface area contributed by atoms with E-state index >= 15 is 0 Å². The summed E-state index contributed by atoms with van der Waals surface area (Å²) in [7, 11) is 0. The number of carbonyl (C=O) groups excluding carboxylic acids is 1. The minimum absolute atomic E-state index is 0.0185. The van der Waals surface area contributed by atoms with Gasteiger partial charge in [-0.3, -0.25) is 4.79 Å². The molecule has 4 rings (SSSR count). The number of fused-ring (bicyclic) bond motifs is 4. The third-order valence-electron chi connectivity index (χ3n) is 4.62. The minimum Gasteiger partial charge on any atom is -0.392 e. The van der Waals surface area contributed by atoms with E-state index in [0.717, 1.165) is 12.8 Å². The average molecular weight is 236 g/mol. The predicted molar refractivity (Wildman–Crippen MR) is 63.4 cm³/mol. The molecule has 4 aliphatic rings. The maximum absolute atomic E-state index is 11.1. The topological polar surface area (TPSA) is 46.5 Å². The molecule has 4 unspecified atom stereocenters. The third kappa shape index (κ3) is 2.06. The van der Waals surface area contributed by atoms with Crippen LogP contribution in [0.25, 0.3) is 0 Å². The lowest BCUT2D eigenvalue weighted by atomic mass is 10.0. The fourth-order valence-corrected chi connectivity index (χ4v) is 3.45. The van der Waals surface area contributed by atoms with Crippen LogP contribution in [0.3, 0.4) is 0 Å². The first kappa shape index (κ1) is 11.4. The van der Waals surface area contributed by atoms with Crippen LogP contribution in [0.5, 0.6) is 0 Å². The van der Waals surface area contributed by atoms with Crippen molar-refractivity contribution < 1.29 is 14.6 Å². The minimum atomic E-state index is -0.0185. The summed E-state index contributed by atoms with van der Waals surface area (Å²) in [6.07, 6.45) is 8.85. The van der Waals surface area contributed by atoms with E-state index in [1.807, 2.05) is 0 Å². The molecule has 0 aromatic rings. The Morgan fingerprint density at radius 3 is 1.82 bits per heavy atom. The lowest BCUT2D eigenvalue weighted by Crippen LogP contribution is -2.28. The van der Waals surface area contributed by atoms with Crippen molar-refractivity contribution in [1.29, 1.82) is 0 Å². The van der Waals surface area contributed by atoms with Crippen LogP contribution in [0.15, 0.2) is 12.2 Å². The van der Waals surface area contributed by atoms with Gasteiger partial charge in [0.25, 0.3) is 0 Å². The second-order valence-electron chi connectivity index (χ2n) is 5.69. The molecule has 1 N–H and O–H groups in total. The van der Waals surface area contributed by atoms with Crippen LogP contribution in [0.1, 0.15) is 25.7 Å². The lowest BCUT2D eigenvalue weighted by Gasteiger charge is -2.16. The standard InChI is InChI=1S/C7H10O2.C7H10O/c8-7-5-1-2-6(7)4-9-3-5;8-7-5-1-2-6(7)4-3-5/h5-6H,1-4H2;1-2,5-8H,3-4H2. The number of hydrogen-bond acceptors (Lipinski definition) is 3. The number of ketones is 1. The molecule has 3 nitrogen and oxygen atoms in total. The van der Waals surface area contributed by atoms with E-state index in [0.29, 0.717) is 30.8 Å². The number of aliphatic hydroxyl groups is 1. The Bertz CT molecular complexity index is 304. The van der Waals surface area contributed by atoms with E-state index in [2.05, 4.69) is 12.2 Å². The molecule has 3 fully saturated rings. The number of ether oxygens (including phenoxy) is 1. The molecule has 4 bridgehead atoms. The highest BCUT2D eigenvalue weighted by atomic mass is 16.5. The number of Topliss-reactive ketones (excluding diaryl/α,β-unsaturated/α-hetero) is 1. The first-order valence-electron chi connectivity index (χ1n) is 6.73. The van der Waals surface area contributed by atoms with Crippen LogP contribution < -0.4 is 0 Å². The van der Waals surface area contributed by atoms with Crippen LogP contribution in [-0.2, 0) is 9.53 Å². The molecule has 4 atom stereocenters.